The topological polar surface area (TPSA) is 72.9 Å². The SMILES string of the molecule is CCN(CC1CCC(n2cnc3c(N)ncnc32)C1)Sc1ccc2ccccc2c1. The molecule has 1 fully saturated rings. The molecule has 7 heteroatoms. The second-order valence-corrected chi connectivity index (χ2v) is 9.17. The van der Waals surface area contributed by atoms with Crippen LogP contribution < -0.4 is 5.73 Å². The van der Waals surface area contributed by atoms with Crippen molar-refractivity contribution in [3.63, 3.8) is 0 Å². The summed E-state index contributed by atoms with van der Waals surface area (Å²) in [5.41, 5.74) is 7.51. The molecule has 1 aliphatic rings. The lowest BCUT2D eigenvalue weighted by atomic mass is 10.1. The van der Waals surface area contributed by atoms with Crippen molar-refractivity contribution >= 4 is 39.7 Å². The fourth-order valence-electron chi connectivity index (χ4n) is 4.50. The number of imidazole rings is 1. The van der Waals surface area contributed by atoms with Gasteiger partial charge in [-0.25, -0.2) is 19.3 Å². The van der Waals surface area contributed by atoms with Gasteiger partial charge in [0, 0.05) is 24.0 Å². The molecule has 1 saturated carbocycles. The molecular formula is C23H26N6S. The highest BCUT2D eigenvalue weighted by atomic mass is 32.2. The molecule has 2 aromatic heterocycles. The van der Waals surface area contributed by atoms with E-state index >= 15 is 0 Å². The van der Waals surface area contributed by atoms with Crippen LogP contribution in [0.5, 0.6) is 0 Å². The van der Waals surface area contributed by atoms with Crippen LogP contribution in [0.1, 0.15) is 32.2 Å². The Morgan fingerprint density at radius 1 is 1.10 bits per heavy atom. The van der Waals surface area contributed by atoms with Gasteiger partial charge < -0.3 is 10.3 Å². The van der Waals surface area contributed by atoms with Crippen molar-refractivity contribution in [1.29, 1.82) is 0 Å². The molecule has 6 nitrogen and oxygen atoms in total. The quantitative estimate of drug-likeness (QED) is 0.448. The van der Waals surface area contributed by atoms with Crippen molar-refractivity contribution in [1.82, 2.24) is 23.8 Å². The van der Waals surface area contributed by atoms with Crippen LogP contribution in [0.3, 0.4) is 0 Å². The minimum atomic E-state index is 0.429. The molecule has 1 aliphatic carbocycles. The molecule has 2 heterocycles. The van der Waals surface area contributed by atoms with E-state index in [0.717, 1.165) is 31.6 Å². The van der Waals surface area contributed by atoms with Gasteiger partial charge in [-0.2, -0.15) is 0 Å². The molecule has 30 heavy (non-hydrogen) atoms. The standard InChI is InChI=1S/C23H26N6S/c1-2-28(30-20-10-8-17-5-3-4-6-18(17)12-20)13-16-7-9-19(11-16)29-15-27-21-22(24)25-14-26-23(21)29/h3-6,8,10,12,14-16,19H,2,7,9,11,13H2,1H3,(H2,24,25,26). The number of fused-ring (bicyclic) bond motifs is 2. The number of nitrogen functional groups attached to an aromatic ring is 1. The van der Waals surface area contributed by atoms with Crippen molar-refractivity contribution in [3.05, 3.63) is 55.1 Å². The van der Waals surface area contributed by atoms with E-state index in [1.165, 1.54) is 28.4 Å². The zero-order chi connectivity index (χ0) is 20.5. The highest BCUT2D eigenvalue weighted by molar-refractivity contribution is 7.97. The Kier molecular flexibility index (Phi) is 5.31. The smallest absolute Gasteiger partial charge is 0.165 e. The Morgan fingerprint density at radius 2 is 1.97 bits per heavy atom. The molecule has 2 aromatic carbocycles. The van der Waals surface area contributed by atoms with Crippen LogP contribution in [-0.2, 0) is 0 Å². The second-order valence-electron chi connectivity index (χ2n) is 8.00. The fourth-order valence-corrected chi connectivity index (χ4v) is 5.52. The Bertz CT molecular complexity index is 1170. The van der Waals surface area contributed by atoms with Crippen LogP contribution in [0.15, 0.2) is 60.0 Å². The van der Waals surface area contributed by atoms with Crippen molar-refractivity contribution < 1.29 is 0 Å². The minimum absolute atomic E-state index is 0.429. The highest BCUT2D eigenvalue weighted by Crippen LogP contribution is 2.38. The minimum Gasteiger partial charge on any atom is -0.382 e. The Hall–Kier alpha value is -2.64. The molecule has 0 radical (unpaired) electrons. The number of rotatable bonds is 6. The normalized spacial score (nSPS) is 19.3. The van der Waals surface area contributed by atoms with E-state index in [9.17, 15) is 0 Å². The van der Waals surface area contributed by atoms with E-state index in [1.54, 1.807) is 0 Å². The van der Waals surface area contributed by atoms with E-state index in [1.807, 2.05) is 18.3 Å². The second kappa shape index (κ2) is 8.24. The molecule has 2 N–H and O–H groups in total. The van der Waals surface area contributed by atoms with E-state index in [2.05, 4.69) is 73.2 Å². The summed E-state index contributed by atoms with van der Waals surface area (Å²) in [6.45, 7) is 4.36. The molecule has 0 saturated heterocycles. The average Bonchev–Trinajstić information content (AvgIpc) is 3.40. The molecule has 4 aromatic rings. The van der Waals surface area contributed by atoms with Crippen LogP contribution in [0.25, 0.3) is 21.9 Å². The van der Waals surface area contributed by atoms with Crippen LogP contribution >= 0.6 is 11.9 Å². The van der Waals surface area contributed by atoms with Crippen molar-refractivity contribution in [2.24, 2.45) is 5.92 Å². The van der Waals surface area contributed by atoms with Gasteiger partial charge in [0.15, 0.2) is 11.5 Å². The summed E-state index contributed by atoms with van der Waals surface area (Å²) in [6, 6.07) is 15.7. The summed E-state index contributed by atoms with van der Waals surface area (Å²) >= 11 is 1.87. The monoisotopic (exact) mass is 418 g/mol. The molecule has 5 rings (SSSR count). The van der Waals surface area contributed by atoms with E-state index in [-0.39, 0.29) is 0 Å². The Morgan fingerprint density at radius 3 is 2.83 bits per heavy atom. The average molecular weight is 419 g/mol. The molecule has 2 atom stereocenters. The van der Waals surface area contributed by atoms with E-state index < -0.39 is 0 Å². The zero-order valence-electron chi connectivity index (χ0n) is 17.1. The lowest BCUT2D eigenvalue weighted by Gasteiger charge is -2.23. The Balaban J connectivity index is 1.26. The number of anilines is 1. The summed E-state index contributed by atoms with van der Waals surface area (Å²) in [6.07, 6.45) is 6.92. The van der Waals surface area contributed by atoms with Gasteiger partial charge in [-0.3, -0.25) is 0 Å². The molecule has 0 amide bonds. The largest absolute Gasteiger partial charge is 0.382 e. The summed E-state index contributed by atoms with van der Waals surface area (Å²) < 4.78 is 4.68. The number of nitrogens with two attached hydrogens (primary N) is 1. The maximum absolute atomic E-state index is 5.95. The molecule has 154 valence electrons. The van der Waals surface area contributed by atoms with Crippen molar-refractivity contribution in [2.45, 2.75) is 37.1 Å². The molecule has 0 aliphatic heterocycles. The third-order valence-corrected chi connectivity index (χ3v) is 7.19. The highest BCUT2D eigenvalue weighted by Gasteiger charge is 2.29. The third-order valence-electron chi connectivity index (χ3n) is 6.06. The van der Waals surface area contributed by atoms with Gasteiger partial charge in [0.05, 0.1) is 6.33 Å². The predicted molar refractivity (Wildman–Crippen MR) is 123 cm³/mol. The lowest BCUT2D eigenvalue weighted by molar-refractivity contribution is 0.376. The van der Waals surface area contributed by atoms with Crippen LogP contribution in [0.4, 0.5) is 5.82 Å². The summed E-state index contributed by atoms with van der Waals surface area (Å²) in [5.74, 6) is 1.12. The summed E-state index contributed by atoms with van der Waals surface area (Å²) in [4.78, 5) is 14.2. The van der Waals surface area contributed by atoms with E-state index in [4.69, 9.17) is 5.73 Å². The van der Waals surface area contributed by atoms with Crippen LogP contribution in [0.2, 0.25) is 0 Å². The predicted octanol–water partition coefficient (Wildman–Crippen LogP) is 4.93. The van der Waals surface area contributed by atoms with Crippen LogP contribution in [0, 0.1) is 5.92 Å². The first-order valence-corrected chi connectivity index (χ1v) is 11.3. The zero-order valence-corrected chi connectivity index (χ0v) is 17.9. The van der Waals surface area contributed by atoms with Gasteiger partial charge in [-0.1, -0.05) is 37.3 Å². The van der Waals surface area contributed by atoms with Gasteiger partial charge >= 0.3 is 0 Å². The molecular weight excluding hydrogens is 392 g/mol. The van der Waals surface area contributed by atoms with Gasteiger partial charge in [-0.15, -0.1) is 0 Å². The van der Waals surface area contributed by atoms with Crippen LogP contribution in [-0.4, -0.2) is 36.9 Å². The molecule has 2 unspecified atom stereocenters. The summed E-state index contributed by atoms with van der Waals surface area (Å²) in [5, 5.41) is 2.59. The first-order chi connectivity index (χ1) is 14.7. The lowest BCUT2D eigenvalue weighted by Crippen LogP contribution is -2.22. The van der Waals surface area contributed by atoms with E-state index in [0.29, 0.717) is 23.3 Å². The maximum Gasteiger partial charge on any atom is 0.165 e. The number of hydrogen-bond acceptors (Lipinski definition) is 6. The maximum atomic E-state index is 5.95. The number of hydrogen-bond donors (Lipinski definition) is 1. The van der Waals surface area contributed by atoms with Gasteiger partial charge in [0.2, 0.25) is 0 Å². The van der Waals surface area contributed by atoms with Gasteiger partial charge in [0.1, 0.15) is 11.8 Å². The third kappa shape index (κ3) is 3.75. The molecule has 0 spiro atoms. The van der Waals surface area contributed by atoms with Crippen molar-refractivity contribution in [2.75, 3.05) is 18.8 Å². The number of aromatic nitrogens is 4. The number of nitrogens with zero attached hydrogens (tertiary/aromatic N) is 5. The Labute approximate surface area is 180 Å². The van der Waals surface area contributed by atoms with Gasteiger partial charge in [0.25, 0.3) is 0 Å². The summed E-state index contributed by atoms with van der Waals surface area (Å²) in [7, 11) is 0. The molecule has 0 bridgehead atoms. The fraction of sp³-hybridized carbons (Fsp3) is 0.348. The first-order valence-electron chi connectivity index (χ1n) is 10.6. The number of benzene rings is 2. The van der Waals surface area contributed by atoms with Gasteiger partial charge in [-0.05, 0) is 60.0 Å². The first kappa shape index (κ1) is 19.3. The van der Waals surface area contributed by atoms with Crippen molar-refractivity contribution in [3.8, 4) is 0 Å².